The van der Waals surface area contributed by atoms with Gasteiger partial charge >= 0.3 is 0 Å². The minimum Gasteiger partial charge on any atom is -0.491 e. The molecule has 1 atom stereocenters. The largest absolute Gasteiger partial charge is 0.491 e. The zero-order valence-electron chi connectivity index (χ0n) is 13.7. The van der Waals surface area contributed by atoms with E-state index < -0.39 is 0 Å². The first kappa shape index (κ1) is 15.8. The molecule has 0 radical (unpaired) electrons. The van der Waals surface area contributed by atoms with Gasteiger partial charge in [0.25, 0.3) is 5.91 Å². The van der Waals surface area contributed by atoms with Gasteiger partial charge in [-0.05, 0) is 49.2 Å². The number of hydrogen-bond acceptors (Lipinski definition) is 5. The van der Waals surface area contributed by atoms with Gasteiger partial charge in [0.1, 0.15) is 12.4 Å². The number of benzene rings is 2. The predicted molar refractivity (Wildman–Crippen MR) is 91.4 cm³/mol. The fraction of sp³-hybridized carbons (Fsp3) is 0.316. The minimum atomic E-state index is -0.190. The Morgan fingerprint density at radius 1 is 1.12 bits per heavy atom. The van der Waals surface area contributed by atoms with Crippen LogP contribution in [0.3, 0.4) is 0 Å². The third-order valence-corrected chi connectivity index (χ3v) is 4.21. The van der Waals surface area contributed by atoms with Gasteiger partial charge in [0.15, 0.2) is 11.5 Å². The Hall–Kier alpha value is -2.73. The second-order valence-corrected chi connectivity index (χ2v) is 5.99. The second kappa shape index (κ2) is 7.03. The highest BCUT2D eigenvalue weighted by molar-refractivity contribution is 6.04. The molecule has 2 aromatic carbocycles. The Balaban J connectivity index is 1.35. The molecule has 0 aromatic heterocycles. The highest BCUT2D eigenvalue weighted by Gasteiger charge is 2.17. The number of carbonyl (C=O) groups is 1. The molecule has 6 nitrogen and oxygen atoms in total. The molecule has 1 fully saturated rings. The lowest BCUT2D eigenvalue weighted by Crippen LogP contribution is -2.16. The molecule has 6 heteroatoms. The maximum atomic E-state index is 12.3. The van der Waals surface area contributed by atoms with Crippen molar-refractivity contribution >= 4 is 11.6 Å². The van der Waals surface area contributed by atoms with Gasteiger partial charge < -0.3 is 24.3 Å². The third kappa shape index (κ3) is 3.69. The van der Waals surface area contributed by atoms with Crippen molar-refractivity contribution in [3.05, 3.63) is 48.0 Å². The number of ether oxygens (including phenoxy) is 4. The van der Waals surface area contributed by atoms with E-state index in [-0.39, 0.29) is 18.8 Å². The van der Waals surface area contributed by atoms with Crippen molar-refractivity contribution in [1.29, 1.82) is 0 Å². The van der Waals surface area contributed by atoms with Crippen LogP contribution >= 0.6 is 0 Å². The van der Waals surface area contributed by atoms with Crippen molar-refractivity contribution in [1.82, 2.24) is 0 Å². The zero-order valence-corrected chi connectivity index (χ0v) is 13.7. The molecule has 0 aliphatic carbocycles. The molecule has 1 N–H and O–H groups in total. The molecule has 0 bridgehead atoms. The van der Waals surface area contributed by atoms with Crippen LogP contribution < -0.4 is 19.5 Å². The Morgan fingerprint density at radius 3 is 2.76 bits per heavy atom. The molecule has 25 heavy (non-hydrogen) atoms. The van der Waals surface area contributed by atoms with E-state index >= 15 is 0 Å². The predicted octanol–water partition coefficient (Wildman–Crippen LogP) is 3.23. The topological polar surface area (TPSA) is 66.0 Å². The first-order valence-electron chi connectivity index (χ1n) is 8.33. The summed E-state index contributed by atoms with van der Waals surface area (Å²) in [6.45, 7) is 1.57. The fourth-order valence-electron chi connectivity index (χ4n) is 2.85. The molecule has 2 heterocycles. The average Bonchev–Trinajstić information content (AvgIpc) is 3.31. The maximum Gasteiger partial charge on any atom is 0.255 e. The van der Waals surface area contributed by atoms with Crippen molar-refractivity contribution in [2.24, 2.45) is 0 Å². The van der Waals surface area contributed by atoms with Crippen LogP contribution in [-0.2, 0) is 4.74 Å². The molecular weight excluding hydrogens is 322 g/mol. The highest BCUT2D eigenvalue weighted by Crippen LogP contribution is 2.34. The van der Waals surface area contributed by atoms with Gasteiger partial charge in [-0.3, -0.25) is 4.79 Å². The molecule has 2 aliphatic rings. The van der Waals surface area contributed by atoms with Crippen molar-refractivity contribution < 1.29 is 23.7 Å². The molecule has 0 spiro atoms. The standard InChI is InChI=1S/C19H19NO5/c21-19(20-14-5-8-17-18(10-14)25-12-24-17)13-3-6-15(7-4-13)23-11-16-2-1-9-22-16/h3-8,10,16H,1-2,9,11-12H2,(H,20,21). The van der Waals surface area contributed by atoms with Crippen LogP contribution in [0.15, 0.2) is 42.5 Å². The summed E-state index contributed by atoms with van der Waals surface area (Å²) in [5.41, 5.74) is 1.22. The zero-order chi connectivity index (χ0) is 17.1. The first-order valence-corrected chi connectivity index (χ1v) is 8.33. The average molecular weight is 341 g/mol. The lowest BCUT2D eigenvalue weighted by atomic mass is 10.2. The number of rotatable bonds is 5. The second-order valence-electron chi connectivity index (χ2n) is 5.99. The van der Waals surface area contributed by atoms with Crippen LogP contribution in [0.25, 0.3) is 0 Å². The van der Waals surface area contributed by atoms with E-state index in [0.29, 0.717) is 29.4 Å². The molecule has 1 saturated heterocycles. The summed E-state index contributed by atoms with van der Waals surface area (Å²) in [5.74, 6) is 1.86. The SMILES string of the molecule is O=C(Nc1ccc2c(c1)OCO2)c1ccc(OCC2CCCO2)cc1. The van der Waals surface area contributed by atoms with Crippen LogP contribution in [0, 0.1) is 0 Å². The van der Waals surface area contributed by atoms with Crippen LogP contribution in [0.4, 0.5) is 5.69 Å². The van der Waals surface area contributed by atoms with Crippen LogP contribution in [0.1, 0.15) is 23.2 Å². The molecule has 1 unspecified atom stereocenters. The van der Waals surface area contributed by atoms with E-state index in [1.54, 1.807) is 42.5 Å². The number of carbonyl (C=O) groups excluding carboxylic acids is 1. The quantitative estimate of drug-likeness (QED) is 0.904. The number of anilines is 1. The number of amides is 1. The summed E-state index contributed by atoms with van der Waals surface area (Å²) in [5, 5.41) is 2.85. The Labute approximate surface area is 145 Å². The van der Waals surface area contributed by atoms with Crippen LogP contribution in [0.2, 0.25) is 0 Å². The molecule has 2 aliphatic heterocycles. The first-order chi connectivity index (χ1) is 12.3. The van der Waals surface area contributed by atoms with E-state index in [1.165, 1.54) is 0 Å². The molecule has 1 amide bonds. The maximum absolute atomic E-state index is 12.3. The third-order valence-electron chi connectivity index (χ3n) is 4.21. The van der Waals surface area contributed by atoms with Crippen LogP contribution in [0.5, 0.6) is 17.2 Å². The van der Waals surface area contributed by atoms with Crippen molar-refractivity contribution in [3.63, 3.8) is 0 Å². The smallest absolute Gasteiger partial charge is 0.255 e. The highest BCUT2D eigenvalue weighted by atomic mass is 16.7. The van der Waals surface area contributed by atoms with E-state index in [9.17, 15) is 4.79 Å². The normalized spacial score (nSPS) is 18.2. The Bertz CT molecular complexity index is 753. The summed E-state index contributed by atoms with van der Waals surface area (Å²) in [7, 11) is 0. The Morgan fingerprint density at radius 2 is 1.96 bits per heavy atom. The molecule has 2 aromatic rings. The van der Waals surface area contributed by atoms with Gasteiger partial charge in [0.2, 0.25) is 6.79 Å². The summed E-state index contributed by atoms with van der Waals surface area (Å²) in [6, 6.07) is 12.4. The fourth-order valence-corrected chi connectivity index (χ4v) is 2.85. The minimum absolute atomic E-state index is 0.175. The van der Waals surface area contributed by atoms with Gasteiger partial charge in [0.05, 0.1) is 6.10 Å². The summed E-state index contributed by atoms with van der Waals surface area (Å²) in [4.78, 5) is 12.3. The molecule has 4 rings (SSSR count). The van der Waals surface area contributed by atoms with Crippen LogP contribution in [-0.4, -0.2) is 32.0 Å². The van der Waals surface area contributed by atoms with E-state index in [0.717, 1.165) is 25.2 Å². The summed E-state index contributed by atoms with van der Waals surface area (Å²) < 4.78 is 21.8. The van der Waals surface area contributed by atoms with Gasteiger partial charge in [-0.15, -0.1) is 0 Å². The lowest BCUT2D eigenvalue weighted by molar-refractivity contribution is 0.0679. The summed E-state index contributed by atoms with van der Waals surface area (Å²) >= 11 is 0. The van der Waals surface area contributed by atoms with Gasteiger partial charge in [-0.25, -0.2) is 0 Å². The summed E-state index contributed by atoms with van der Waals surface area (Å²) in [6.07, 6.45) is 2.30. The monoisotopic (exact) mass is 341 g/mol. The number of nitrogens with one attached hydrogen (secondary N) is 1. The molecule has 0 saturated carbocycles. The van der Waals surface area contributed by atoms with Gasteiger partial charge in [-0.1, -0.05) is 0 Å². The number of hydrogen-bond donors (Lipinski definition) is 1. The van der Waals surface area contributed by atoms with E-state index in [2.05, 4.69) is 5.32 Å². The van der Waals surface area contributed by atoms with Crippen molar-refractivity contribution in [3.8, 4) is 17.2 Å². The lowest BCUT2D eigenvalue weighted by Gasteiger charge is -2.12. The van der Waals surface area contributed by atoms with Crippen molar-refractivity contribution in [2.45, 2.75) is 18.9 Å². The van der Waals surface area contributed by atoms with Gasteiger partial charge in [-0.2, -0.15) is 0 Å². The van der Waals surface area contributed by atoms with Gasteiger partial charge in [0, 0.05) is 23.9 Å². The van der Waals surface area contributed by atoms with Crippen molar-refractivity contribution in [2.75, 3.05) is 25.3 Å². The van der Waals surface area contributed by atoms with E-state index in [1.807, 2.05) is 0 Å². The number of fused-ring (bicyclic) bond motifs is 1. The van der Waals surface area contributed by atoms with E-state index in [4.69, 9.17) is 18.9 Å². The molecule has 130 valence electrons. The Kier molecular flexibility index (Phi) is 4.43. The molecular formula is C19H19NO5.